The van der Waals surface area contributed by atoms with Gasteiger partial charge < -0.3 is 11.1 Å². The second kappa shape index (κ2) is 6.66. The van der Waals surface area contributed by atoms with E-state index in [1.807, 2.05) is 48.5 Å². The van der Waals surface area contributed by atoms with Crippen molar-refractivity contribution in [3.63, 3.8) is 0 Å². The maximum Gasteiger partial charge on any atom is 0.234 e. The fourth-order valence-corrected chi connectivity index (χ4v) is 1.92. The van der Waals surface area contributed by atoms with Crippen molar-refractivity contribution in [1.29, 1.82) is 0 Å². The summed E-state index contributed by atoms with van der Waals surface area (Å²) in [5.74, 6) is -0.162. The lowest BCUT2D eigenvalue weighted by molar-refractivity contribution is -0.120. The van der Waals surface area contributed by atoms with E-state index in [-0.39, 0.29) is 18.5 Å². The van der Waals surface area contributed by atoms with Crippen LogP contribution in [0.1, 0.15) is 17.3 Å². The average molecular weight is 255 g/mol. The monoisotopic (exact) mass is 255 g/mol. The van der Waals surface area contributed by atoms with Crippen LogP contribution in [-0.4, -0.2) is 17.4 Å². The molecule has 0 saturated heterocycles. The first kappa shape index (κ1) is 13.2. The Morgan fingerprint density at radius 3 is 2.53 bits per heavy atom. The van der Waals surface area contributed by atoms with E-state index in [4.69, 9.17) is 5.73 Å². The summed E-state index contributed by atoms with van der Waals surface area (Å²) in [5, 5.41) is 2.93. The highest BCUT2D eigenvalue weighted by atomic mass is 16.1. The lowest BCUT2D eigenvalue weighted by Gasteiger charge is -2.18. The summed E-state index contributed by atoms with van der Waals surface area (Å²) in [6, 6.07) is 15.5. The number of pyridine rings is 1. The zero-order valence-corrected chi connectivity index (χ0v) is 10.6. The molecular weight excluding hydrogens is 238 g/mol. The van der Waals surface area contributed by atoms with Gasteiger partial charge >= 0.3 is 0 Å². The molecule has 4 heteroatoms. The first-order valence-electron chi connectivity index (χ1n) is 6.24. The number of nitrogens with zero attached hydrogens (tertiary/aromatic N) is 1. The Bertz CT molecular complexity index is 513. The van der Waals surface area contributed by atoms with Gasteiger partial charge in [0.25, 0.3) is 0 Å². The number of rotatable bonds is 5. The van der Waals surface area contributed by atoms with Gasteiger partial charge in [0.2, 0.25) is 5.91 Å². The fraction of sp³-hybridized carbons (Fsp3) is 0.200. The largest absolute Gasteiger partial charge is 0.348 e. The molecule has 0 radical (unpaired) electrons. The summed E-state index contributed by atoms with van der Waals surface area (Å²) in [4.78, 5) is 15.8. The second-order valence-electron chi connectivity index (χ2n) is 4.26. The summed E-state index contributed by atoms with van der Waals surface area (Å²) >= 11 is 0. The molecule has 4 nitrogen and oxygen atoms in total. The number of nitrogens with two attached hydrogens (primary N) is 1. The molecule has 19 heavy (non-hydrogen) atoms. The van der Waals surface area contributed by atoms with Crippen LogP contribution in [0.4, 0.5) is 0 Å². The normalized spacial score (nSPS) is 11.8. The van der Waals surface area contributed by atoms with E-state index >= 15 is 0 Å². The first-order chi connectivity index (χ1) is 9.29. The van der Waals surface area contributed by atoms with Gasteiger partial charge in [0.15, 0.2) is 0 Å². The number of carbonyl (C=O) groups is 1. The standard InChI is InChI=1S/C15H17N3O/c16-11-15(19)18-14(12-6-2-1-3-7-12)10-13-8-4-5-9-17-13/h1-9,14H,10-11,16H2,(H,18,19). The number of nitrogens with one attached hydrogen (secondary N) is 1. The quantitative estimate of drug-likeness (QED) is 0.849. The highest BCUT2D eigenvalue weighted by Gasteiger charge is 2.14. The minimum Gasteiger partial charge on any atom is -0.348 e. The average Bonchev–Trinajstić information content (AvgIpc) is 2.48. The van der Waals surface area contributed by atoms with Crippen LogP contribution in [0.3, 0.4) is 0 Å². The number of hydrogen-bond donors (Lipinski definition) is 2. The van der Waals surface area contributed by atoms with Crippen LogP contribution >= 0.6 is 0 Å². The van der Waals surface area contributed by atoms with Crippen molar-refractivity contribution in [3.05, 3.63) is 66.0 Å². The molecule has 0 saturated carbocycles. The maximum absolute atomic E-state index is 11.5. The molecule has 1 amide bonds. The van der Waals surface area contributed by atoms with E-state index in [0.29, 0.717) is 6.42 Å². The molecule has 0 bridgehead atoms. The van der Waals surface area contributed by atoms with Crippen LogP contribution in [-0.2, 0) is 11.2 Å². The lowest BCUT2D eigenvalue weighted by Crippen LogP contribution is -2.34. The Morgan fingerprint density at radius 1 is 1.16 bits per heavy atom. The summed E-state index contributed by atoms with van der Waals surface area (Å²) in [5.41, 5.74) is 7.35. The van der Waals surface area contributed by atoms with E-state index in [0.717, 1.165) is 11.3 Å². The molecule has 1 heterocycles. The van der Waals surface area contributed by atoms with Crippen molar-refractivity contribution in [2.45, 2.75) is 12.5 Å². The van der Waals surface area contributed by atoms with E-state index in [1.165, 1.54) is 0 Å². The lowest BCUT2D eigenvalue weighted by atomic mass is 10.0. The van der Waals surface area contributed by atoms with Gasteiger partial charge in [-0.25, -0.2) is 0 Å². The topological polar surface area (TPSA) is 68.0 Å². The highest BCUT2D eigenvalue weighted by Crippen LogP contribution is 2.17. The number of benzene rings is 1. The fourth-order valence-electron chi connectivity index (χ4n) is 1.92. The van der Waals surface area contributed by atoms with Gasteiger partial charge in [-0.1, -0.05) is 36.4 Å². The van der Waals surface area contributed by atoms with Gasteiger partial charge in [0, 0.05) is 18.3 Å². The Morgan fingerprint density at radius 2 is 1.89 bits per heavy atom. The Hall–Kier alpha value is -2.20. The molecule has 0 aliphatic heterocycles. The van der Waals surface area contributed by atoms with Crippen molar-refractivity contribution in [2.24, 2.45) is 5.73 Å². The smallest absolute Gasteiger partial charge is 0.234 e. The minimum absolute atomic E-state index is 0.00838. The van der Waals surface area contributed by atoms with Crippen LogP contribution < -0.4 is 11.1 Å². The zero-order valence-electron chi connectivity index (χ0n) is 10.6. The van der Waals surface area contributed by atoms with Crippen molar-refractivity contribution in [2.75, 3.05) is 6.54 Å². The number of aromatic nitrogens is 1. The molecule has 3 N–H and O–H groups in total. The van der Waals surface area contributed by atoms with E-state index in [1.54, 1.807) is 6.20 Å². The van der Waals surface area contributed by atoms with Crippen molar-refractivity contribution >= 4 is 5.91 Å². The molecule has 1 unspecified atom stereocenters. The van der Waals surface area contributed by atoms with Gasteiger partial charge in [0.1, 0.15) is 0 Å². The van der Waals surface area contributed by atoms with Gasteiger partial charge in [-0.15, -0.1) is 0 Å². The molecule has 0 spiro atoms. The van der Waals surface area contributed by atoms with Crippen LogP contribution in [0.25, 0.3) is 0 Å². The number of amides is 1. The summed E-state index contributed by atoms with van der Waals surface area (Å²) < 4.78 is 0. The van der Waals surface area contributed by atoms with Crippen LogP contribution in [0.15, 0.2) is 54.7 Å². The van der Waals surface area contributed by atoms with Crippen molar-refractivity contribution in [1.82, 2.24) is 10.3 Å². The Kier molecular flexibility index (Phi) is 4.64. The van der Waals surface area contributed by atoms with Gasteiger partial charge in [-0.2, -0.15) is 0 Å². The molecule has 0 aliphatic carbocycles. The Balaban J connectivity index is 2.17. The molecule has 1 atom stereocenters. The van der Waals surface area contributed by atoms with Crippen LogP contribution in [0, 0.1) is 0 Å². The van der Waals surface area contributed by atoms with E-state index < -0.39 is 0 Å². The molecule has 0 aliphatic rings. The van der Waals surface area contributed by atoms with Crippen molar-refractivity contribution in [3.8, 4) is 0 Å². The predicted octanol–water partition coefficient (Wildman–Crippen LogP) is 1.44. The highest BCUT2D eigenvalue weighted by molar-refractivity contribution is 5.78. The third kappa shape index (κ3) is 3.89. The molecule has 2 rings (SSSR count). The van der Waals surface area contributed by atoms with Gasteiger partial charge in [0.05, 0.1) is 12.6 Å². The Labute approximate surface area is 112 Å². The SMILES string of the molecule is NCC(=O)NC(Cc1ccccn1)c1ccccc1. The van der Waals surface area contributed by atoms with Crippen LogP contribution in [0.5, 0.6) is 0 Å². The predicted molar refractivity (Wildman–Crippen MR) is 74.3 cm³/mol. The number of hydrogen-bond acceptors (Lipinski definition) is 3. The van der Waals surface area contributed by atoms with E-state index in [9.17, 15) is 4.79 Å². The zero-order chi connectivity index (χ0) is 13.5. The third-order valence-corrected chi connectivity index (χ3v) is 2.86. The minimum atomic E-state index is -0.162. The van der Waals surface area contributed by atoms with Crippen molar-refractivity contribution < 1.29 is 4.79 Å². The second-order valence-corrected chi connectivity index (χ2v) is 4.26. The van der Waals surface area contributed by atoms with E-state index in [2.05, 4.69) is 10.3 Å². The molecular formula is C15H17N3O. The molecule has 1 aromatic heterocycles. The summed E-state index contributed by atoms with van der Waals surface area (Å²) in [6.07, 6.45) is 2.40. The third-order valence-electron chi connectivity index (χ3n) is 2.86. The molecule has 98 valence electrons. The number of carbonyl (C=O) groups excluding carboxylic acids is 1. The molecule has 2 aromatic rings. The maximum atomic E-state index is 11.5. The van der Waals surface area contributed by atoms with Gasteiger partial charge in [-0.3, -0.25) is 9.78 Å². The first-order valence-corrected chi connectivity index (χ1v) is 6.24. The summed E-state index contributed by atoms with van der Waals surface area (Å²) in [6.45, 7) is -0.00838. The van der Waals surface area contributed by atoms with Gasteiger partial charge in [-0.05, 0) is 17.7 Å². The molecule has 0 fully saturated rings. The molecule has 1 aromatic carbocycles. The van der Waals surface area contributed by atoms with Crippen LogP contribution in [0.2, 0.25) is 0 Å². The summed E-state index contributed by atoms with van der Waals surface area (Å²) in [7, 11) is 0.